The number of nitrogens with one attached hydrogen (secondary N) is 2. The zero-order valence-corrected chi connectivity index (χ0v) is 14.0. The van der Waals surface area contributed by atoms with Crippen LogP contribution in [-0.4, -0.2) is 25.7 Å². The average molecular weight is 339 g/mol. The van der Waals surface area contributed by atoms with Gasteiger partial charge in [0.2, 0.25) is 5.91 Å². The molecular formula is C17H17N5OS. The number of aryl methyl sites for hydroxylation is 1. The van der Waals surface area contributed by atoms with Crippen LogP contribution in [0.5, 0.6) is 0 Å². The summed E-state index contributed by atoms with van der Waals surface area (Å²) in [5.41, 5.74) is 3.02. The van der Waals surface area contributed by atoms with Gasteiger partial charge in [-0.2, -0.15) is 5.10 Å². The molecule has 0 bridgehead atoms. The lowest BCUT2D eigenvalue weighted by molar-refractivity contribution is -0.121. The minimum atomic E-state index is -0.135. The SMILES string of the molecule is Cc1ccc(-c2n[nH]c(=S)n2CC(=O)NCc2cccnc2)cc1. The third-order valence-corrected chi connectivity index (χ3v) is 3.89. The van der Waals surface area contributed by atoms with E-state index in [1.165, 1.54) is 0 Å². The summed E-state index contributed by atoms with van der Waals surface area (Å²) in [4.78, 5) is 16.3. The van der Waals surface area contributed by atoms with E-state index in [0.29, 0.717) is 17.1 Å². The van der Waals surface area contributed by atoms with Crippen molar-refractivity contribution >= 4 is 18.1 Å². The molecule has 0 aliphatic carbocycles. The largest absolute Gasteiger partial charge is 0.350 e. The number of hydrogen-bond donors (Lipinski definition) is 2. The first-order chi connectivity index (χ1) is 11.6. The number of hydrogen-bond acceptors (Lipinski definition) is 4. The Morgan fingerprint density at radius 3 is 2.79 bits per heavy atom. The number of pyridine rings is 1. The van der Waals surface area contributed by atoms with Gasteiger partial charge in [-0.15, -0.1) is 0 Å². The Kier molecular flexibility index (Phi) is 4.81. The zero-order chi connectivity index (χ0) is 16.9. The van der Waals surface area contributed by atoms with E-state index in [1.807, 2.05) is 43.3 Å². The molecule has 2 N–H and O–H groups in total. The maximum absolute atomic E-state index is 12.2. The quantitative estimate of drug-likeness (QED) is 0.701. The molecule has 1 aromatic carbocycles. The molecule has 6 nitrogen and oxygen atoms in total. The summed E-state index contributed by atoms with van der Waals surface area (Å²) in [6.07, 6.45) is 3.42. The lowest BCUT2D eigenvalue weighted by atomic mass is 10.1. The number of carbonyl (C=O) groups is 1. The molecule has 0 aliphatic heterocycles. The molecule has 0 radical (unpaired) electrons. The average Bonchev–Trinajstić information content (AvgIpc) is 2.95. The van der Waals surface area contributed by atoms with E-state index in [4.69, 9.17) is 12.2 Å². The summed E-state index contributed by atoms with van der Waals surface area (Å²) in [7, 11) is 0. The molecule has 0 saturated heterocycles. The summed E-state index contributed by atoms with van der Waals surface area (Å²) < 4.78 is 2.11. The minimum absolute atomic E-state index is 0.110. The Labute approximate surface area is 144 Å². The van der Waals surface area contributed by atoms with E-state index in [9.17, 15) is 4.79 Å². The Hall–Kier alpha value is -2.80. The Morgan fingerprint density at radius 1 is 1.29 bits per heavy atom. The fourth-order valence-electron chi connectivity index (χ4n) is 2.29. The molecule has 3 rings (SSSR count). The number of nitrogens with zero attached hydrogens (tertiary/aromatic N) is 3. The highest BCUT2D eigenvalue weighted by molar-refractivity contribution is 7.71. The van der Waals surface area contributed by atoms with Crippen molar-refractivity contribution in [1.29, 1.82) is 0 Å². The van der Waals surface area contributed by atoms with Crippen molar-refractivity contribution in [2.24, 2.45) is 0 Å². The second kappa shape index (κ2) is 7.18. The van der Waals surface area contributed by atoms with Crippen molar-refractivity contribution in [2.75, 3.05) is 0 Å². The van der Waals surface area contributed by atoms with Crippen LogP contribution in [0.3, 0.4) is 0 Å². The van der Waals surface area contributed by atoms with E-state index >= 15 is 0 Å². The molecule has 0 spiro atoms. The first-order valence-electron chi connectivity index (χ1n) is 7.51. The number of H-pyrrole nitrogens is 1. The third kappa shape index (κ3) is 3.75. The van der Waals surface area contributed by atoms with Crippen molar-refractivity contribution in [3.05, 3.63) is 64.7 Å². The predicted molar refractivity (Wildman–Crippen MR) is 93.7 cm³/mol. The van der Waals surface area contributed by atoms with Crippen LogP contribution >= 0.6 is 12.2 Å². The molecule has 0 atom stereocenters. The molecule has 1 amide bonds. The first kappa shape index (κ1) is 16.1. The molecule has 0 unspecified atom stereocenters. The number of benzene rings is 1. The van der Waals surface area contributed by atoms with Crippen LogP contribution in [0.1, 0.15) is 11.1 Å². The Bertz CT molecular complexity index is 883. The van der Waals surface area contributed by atoms with Gasteiger partial charge in [0, 0.05) is 24.5 Å². The van der Waals surface area contributed by atoms with E-state index < -0.39 is 0 Å². The van der Waals surface area contributed by atoms with Gasteiger partial charge in [-0.05, 0) is 30.8 Å². The van der Waals surface area contributed by atoms with Crippen LogP contribution < -0.4 is 5.32 Å². The lowest BCUT2D eigenvalue weighted by Crippen LogP contribution is -2.27. The fourth-order valence-corrected chi connectivity index (χ4v) is 2.49. The van der Waals surface area contributed by atoms with Crippen LogP contribution in [0.25, 0.3) is 11.4 Å². The number of aromatic amines is 1. The highest BCUT2D eigenvalue weighted by Gasteiger charge is 2.12. The highest BCUT2D eigenvalue weighted by atomic mass is 32.1. The Balaban J connectivity index is 1.73. The summed E-state index contributed by atoms with van der Waals surface area (Å²) in [6, 6.07) is 11.7. The van der Waals surface area contributed by atoms with E-state index in [0.717, 1.165) is 16.7 Å². The number of amides is 1. The molecule has 0 aliphatic rings. The number of aromatic nitrogens is 4. The van der Waals surface area contributed by atoms with E-state index in [-0.39, 0.29) is 12.5 Å². The van der Waals surface area contributed by atoms with Crippen LogP contribution in [0, 0.1) is 11.7 Å². The van der Waals surface area contributed by atoms with Crippen molar-refractivity contribution < 1.29 is 4.79 Å². The molecule has 122 valence electrons. The normalized spacial score (nSPS) is 10.5. The minimum Gasteiger partial charge on any atom is -0.350 e. The predicted octanol–water partition coefficient (Wildman–Crippen LogP) is 2.63. The monoisotopic (exact) mass is 339 g/mol. The smallest absolute Gasteiger partial charge is 0.240 e. The van der Waals surface area contributed by atoms with Gasteiger partial charge in [-0.1, -0.05) is 35.9 Å². The highest BCUT2D eigenvalue weighted by Crippen LogP contribution is 2.17. The van der Waals surface area contributed by atoms with Gasteiger partial charge in [0.15, 0.2) is 10.6 Å². The maximum Gasteiger partial charge on any atom is 0.240 e. The number of carbonyl (C=O) groups excluding carboxylic acids is 1. The summed E-state index contributed by atoms with van der Waals surface area (Å²) >= 11 is 5.25. The van der Waals surface area contributed by atoms with Gasteiger partial charge in [0.05, 0.1) is 0 Å². The summed E-state index contributed by atoms with van der Waals surface area (Å²) in [6.45, 7) is 2.56. The van der Waals surface area contributed by atoms with Crippen molar-refractivity contribution in [2.45, 2.75) is 20.0 Å². The van der Waals surface area contributed by atoms with Crippen molar-refractivity contribution in [3.8, 4) is 11.4 Å². The molecular weight excluding hydrogens is 322 g/mol. The zero-order valence-electron chi connectivity index (χ0n) is 13.2. The van der Waals surface area contributed by atoms with Gasteiger partial charge in [-0.25, -0.2) is 0 Å². The standard InChI is InChI=1S/C17H17N5OS/c1-12-4-6-14(7-5-12)16-20-21-17(24)22(16)11-15(23)19-10-13-3-2-8-18-9-13/h2-9H,10-11H2,1H3,(H,19,23)(H,21,24). The molecule has 7 heteroatoms. The van der Waals surface area contributed by atoms with Gasteiger partial charge in [0.1, 0.15) is 6.54 Å². The first-order valence-corrected chi connectivity index (χ1v) is 7.92. The van der Waals surface area contributed by atoms with Crippen LogP contribution in [0.2, 0.25) is 0 Å². The van der Waals surface area contributed by atoms with Crippen LogP contribution in [0.4, 0.5) is 0 Å². The van der Waals surface area contributed by atoms with Crippen molar-refractivity contribution in [3.63, 3.8) is 0 Å². The molecule has 3 aromatic rings. The molecule has 0 saturated carbocycles. The molecule has 2 heterocycles. The Morgan fingerprint density at radius 2 is 2.08 bits per heavy atom. The molecule has 2 aromatic heterocycles. The second-order valence-electron chi connectivity index (χ2n) is 5.44. The number of rotatable bonds is 5. The summed E-state index contributed by atoms with van der Waals surface area (Å²) in [5.74, 6) is 0.515. The van der Waals surface area contributed by atoms with Gasteiger partial charge in [0.25, 0.3) is 0 Å². The maximum atomic E-state index is 12.2. The van der Waals surface area contributed by atoms with E-state index in [2.05, 4.69) is 20.5 Å². The van der Waals surface area contributed by atoms with Crippen molar-refractivity contribution in [1.82, 2.24) is 25.1 Å². The second-order valence-corrected chi connectivity index (χ2v) is 5.83. The third-order valence-electron chi connectivity index (χ3n) is 3.58. The molecule has 24 heavy (non-hydrogen) atoms. The van der Waals surface area contributed by atoms with Gasteiger partial charge in [-0.3, -0.25) is 19.4 Å². The van der Waals surface area contributed by atoms with E-state index in [1.54, 1.807) is 17.0 Å². The van der Waals surface area contributed by atoms with Gasteiger partial charge >= 0.3 is 0 Å². The fraction of sp³-hybridized carbons (Fsp3) is 0.176. The molecule has 0 fully saturated rings. The van der Waals surface area contributed by atoms with Gasteiger partial charge < -0.3 is 5.32 Å². The topological polar surface area (TPSA) is 75.6 Å². The lowest BCUT2D eigenvalue weighted by Gasteiger charge is -2.08. The van der Waals surface area contributed by atoms with Crippen LogP contribution in [0.15, 0.2) is 48.8 Å². The van der Waals surface area contributed by atoms with Crippen LogP contribution in [-0.2, 0) is 17.9 Å². The summed E-state index contributed by atoms with van der Waals surface area (Å²) in [5, 5.41) is 9.86.